The van der Waals surface area contributed by atoms with Gasteiger partial charge in [0.2, 0.25) is 5.91 Å². The highest BCUT2D eigenvalue weighted by Gasteiger charge is 2.34. The van der Waals surface area contributed by atoms with Crippen molar-refractivity contribution in [2.75, 3.05) is 39.3 Å². The molecule has 2 N–H and O–H groups in total. The summed E-state index contributed by atoms with van der Waals surface area (Å²) < 4.78 is 5.86. The lowest BCUT2D eigenvalue weighted by atomic mass is 9.82. The molecule has 0 radical (unpaired) electrons. The molecular weight excluding hydrogens is 470 g/mol. The number of piperazine rings is 1. The van der Waals surface area contributed by atoms with E-state index in [4.69, 9.17) is 4.74 Å². The first-order chi connectivity index (χ1) is 17.5. The largest absolute Gasteiger partial charge is 0.494 e. The molecule has 1 fully saturated rings. The minimum absolute atomic E-state index is 0.00656. The molecule has 0 saturated carbocycles. The number of carbonyl (C=O) groups excluding carboxylic acids is 2. The Balaban J connectivity index is 1.73. The molecular formula is C29H47N3O5. The zero-order valence-electron chi connectivity index (χ0n) is 23.4. The highest BCUT2D eigenvalue weighted by molar-refractivity contribution is 5.96. The van der Waals surface area contributed by atoms with Gasteiger partial charge in [-0.15, -0.1) is 0 Å². The molecule has 0 aliphatic carbocycles. The van der Waals surface area contributed by atoms with Gasteiger partial charge in [0.25, 0.3) is 0 Å². The second-order valence-corrected chi connectivity index (χ2v) is 11.4. The number of rotatable bonds is 14. The van der Waals surface area contributed by atoms with E-state index in [0.29, 0.717) is 26.1 Å². The van der Waals surface area contributed by atoms with Crippen LogP contribution in [-0.4, -0.2) is 78.1 Å². The number of ether oxygens (including phenoxy) is 1. The van der Waals surface area contributed by atoms with Crippen molar-refractivity contribution in [2.24, 2.45) is 11.3 Å². The number of carboxylic acid groups (broad SMARTS) is 1. The van der Waals surface area contributed by atoms with E-state index in [1.165, 1.54) is 0 Å². The molecule has 1 unspecified atom stereocenters. The number of unbranched alkanes of at least 4 members (excludes halogenated alkanes) is 2. The molecule has 0 aromatic heterocycles. The van der Waals surface area contributed by atoms with Gasteiger partial charge in [-0.2, -0.15) is 0 Å². The summed E-state index contributed by atoms with van der Waals surface area (Å²) in [6, 6.07) is 6.68. The third-order valence-electron chi connectivity index (χ3n) is 6.80. The fraction of sp³-hybridized carbons (Fsp3) is 0.690. The number of nitrogens with zero attached hydrogens (tertiary/aromatic N) is 2. The molecule has 208 valence electrons. The van der Waals surface area contributed by atoms with Gasteiger partial charge in [0.05, 0.1) is 6.61 Å². The lowest BCUT2D eigenvalue weighted by Crippen LogP contribution is -2.57. The third-order valence-corrected chi connectivity index (χ3v) is 6.80. The van der Waals surface area contributed by atoms with Gasteiger partial charge in [-0.3, -0.25) is 14.5 Å². The summed E-state index contributed by atoms with van der Waals surface area (Å²) >= 11 is 0. The van der Waals surface area contributed by atoms with Gasteiger partial charge < -0.3 is 20.1 Å². The van der Waals surface area contributed by atoms with Crippen molar-refractivity contribution in [2.45, 2.75) is 79.2 Å². The summed E-state index contributed by atoms with van der Waals surface area (Å²) in [5.74, 6) is 0.731. The SMILES string of the molecule is CCCCCC(=O)c1ccc(OCCCN2CCN(C(=O)[C@H](NC(=O)O)C(C)CC(C)(C)C)CC2)cc1. The van der Waals surface area contributed by atoms with Crippen molar-refractivity contribution in [1.82, 2.24) is 15.1 Å². The average Bonchev–Trinajstić information content (AvgIpc) is 2.84. The highest BCUT2D eigenvalue weighted by Crippen LogP contribution is 2.27. The first-order valence-electron chi connectivity index (χ1n) is 13.8. The number of carbonyl (C=O) groups is 3. The van der Waals surface area contributed by atoms with E-state index in [1.807, 2.05) is 31.2 Å². The van der Waals surface area contributed by atoms with Gasteiger partial charge in [-0.25, -0.2) is 4.79 Å². The maximum atomic E-state index is 13.2. The molecule has 2 atom stereocenters. The van der Waals surface area contributed by atoms with E-state index < -0.39 is 12.1 Å². The Kier molecular flexibility index (Phi) is 12.4. The van der Waals surface area contributed by atoms with E-state index in [1.54, 1.807) is 4.90 Å². The average molecular weight is 518 g/mol. The number of hydrogen-bond donors (Lipinski definition) is 2. The Morgan fingerprint density at radius 3 is 2.24 bits per heavy atom. The molecule has 1 aliphatic heterocycles. The van der Waals surface area contributed by atoms with Crippen molar-refractivity contribution in [3.63, 3.8) is 0 Å². The van der Waals surface area contributed by atoms with Crippen LogP contribution in [0, 0.1) is 11.3 Å². The number of Topliss-reactive ketones (excluding diaryl/α,β-unsaturated/α-hetero) is 1. The lowest BCUT2D eigenvalue weighted by Gasteiger charge is -2.38. The van der Waals surface area contributed by atoms with E-state index in [0.717, 1.165) is 63.1 Å². The van der Waals surface area contributed by atoms with Crippen LogP contribution >= 0.6 is 0 Å². The molecule has 0 bridgehead atoms. The molecule has 8 heteroatoms. The van der Waals surface area contributed by atoms with Crippen molar-refractivity contribution < 1.29 is 24.2 Å². The number of hydrogen-bond acceptors (Lipinski definition) is 5. The molecule has 8 nitrogen and oxygen atoms in total. The highest BCUT2D eigenvalue weighted by atomic mass is 16.5. The van der Waals surface area contributed by atoms with Crippen LogP contribution in [0.4, 0.5) is 4.79 Å². The number of nitrogens with one attached hydrogen (secondary N) is 1. The Labute approximate surface area is 222 Å². The molecule has 1 saturated heterocycles. The first kappa shape index (κ1) is 30.6. The topological polar surface area (TPSA) is 99.2 Å². The molecule has 0 spiro atoms. The predicted molar refractivity (Wildman–Crippen MR) is 146 cm³/mol. The molecule has 1 aromatic carbocycles. The number of benzene rings is 1. The van der Waals surface area contributed by atoms with Gasteiger partial charge in [0.1, 0.15) is 11.8 Å². The van der Waals surface area contributed by atoms with E-state index in [-0.39, 0.29) is 23.0 Å². The normalized spacial score (nSPS) is 16.2. The second kappa shape index (κ2) is 15.0. The van der Waals surface area contributed by atoms with Gasteiger partial charge in [0.15, 0.2) is 5.78 Å². The van der Waals surface area contributed by atoms with Crippen LogP contribution in [0.1, 0.15) is 83.5 Å². The Bertz CT molecular complexity index is 857. The van der Waals surface area contributed by atoms with Crippen molar-refractivity contribution in [1.29, 1.82) is 0 Å². The molecule has 1 aliphatic rings. The molecule has 2 amide bonds. The van der Waals surface area contributed by atoms with Gasteiger partial charge in [-0.1, -0.05) is 47.5 Å². The number of amides is 2. The maximum Gasteiger partial charge on any atom is 0.405 e. The minimum Gasteiger partial charge on any atom is -0.494 e. The van der Waals surface area contributed by atoms with Crippen LogP contribution < -0.4 is 10.1 Å². The van der Waals surface area contributed by atoms with E-state index in [9.17, 15) is 19.5 Å². The van der Waals surface area contributed by atoms with Crippen molar-refractivity contribution in [3.8, 4) is 5.75 Å². The fourth-order valence-corrected chi connectivity index (χ4v) is 4.95. The summed E-state index contributed by atoms with van der Waals surface area (Å²) in [6.45, 7) is 14.5. The minimum atomic E-state index is -1.16. The zero-order valence-corrected chi connectivity index (χ0v) is 23.4. The van der Waals surface area contributed by atoms with Crippen LogP contribution in [0.15, 0.2) is 24.3 Å². The molecule has 2 rings (SSSR count). The smallest absolute Gasteiger partial charge is 0.405 e. The van der Waals surface area contributed by atoms with Crippen LogP contribution in [0.5, 0.6) is 5.75 Å². The molecule has 37 heavy (non-hydrogen) atoms. The molecule has 1 aromatic rings. The summed E-state index contributed by atoms with van der Waals surface area (Å²) in [5.41, 5.74) is 0.747. The zero-order chi connectivity index (χ0) is 27.4. The van der Waals surface area contributed by atoms with Crippen LogP contribution in [0.3, 0.4) is 0 Å². The van der Waals surface area contributed by atoms with Crippen LogP contribution in [0.2, 0.25) is 0 Å². The van der Waals surface area contributed by atoms with Crippen molar-refractivity contribution in [3.05, 3.63) is 29.8 Å². The lowest BCUT2D eigenvalue weighted by molar-refractivity contribution is -0.136. The summed E-state index contributed by atoms with van der Waals surface area (Å²) in [6.07, 6.45) is 4.17. The Hall–Kier alpha value is -2.61. The van der Waals surface area contributed by atoms with E-state index in [2.05, 4.69) is 37.9 Å². The number of ketones is 1. The monoisotopic (exact) mass is 517 g/mol. The molecule has 1 heterocycles. The summed E-state index contributed by atoms with van der Waals surface area (Å²) in [4.78, 5) is 40.8. The summed E-state index contributed by atoms with van der Waals surface area (Å²) in [5, 5.41) is 11.7. The first-order valence-corrected chi connectivity index (χ1v) is 13.8. The van der Waals surface area contributed by atoms with E-state index >= 15 is 0 Å². The quantitative estimate of drug-likeness (QED) is 0.264. The Morgan fingerprint density at radius 2 is 1.68 bits per heavy atom. The summed E-state index contributed by atoms with van der Waals surface area (Å²) in [7, 11) is 0. The predicted octanol–water partition coefficient (Wildman–Crippen LogP) is 5.07. The standard InChI is InChI=1S/C29H47N3O5/c1-6-7-8-10-25(33)23-11-13-24(14-12-23)37-20-9-15-31-16-18-32(19-17-31)27(34)26(30-28(35)36)22(2)21-29(3,4)5/h11-14,22,26,30H,6-10,15-21H2,1-5H3,(H,35,36)/t22?,26-/m1/s1. The van der Waals surface area contributed by atoms with Gasteiger partial charge in [-0.05, 0) is 54.9 Å². The van der Waals surface area contributed by atoms with Gasteiger partial charge in [0, 0.05) is 44.7 Å². The van der Waals surface area contributed by atoms with Gasteiger partial charge >= 0.3 is 6.09 Å². The van der Waals surface area contributed by atoms with Crippen LogP contribution in [-0.2, 0) is 4.79 Å². The third kappa shape index (κ3) is 11.1. The second-order valence-electron chi connectivity index (χ2n) is 11.4. The Morgan fingerprint density at radius 1 is 1.03 bits per heavy atom. The maximum absolute atomic E-state index is 13.2. The fourth-order valence-electron chi connectivity index (χ4n) is 4.95. The van der Waals surface area contributed by atoms with Crippen LogP contribution in [0.25, 0.3) is 0 Å². The van der Waals surface area contributed by atoms with Crippen molar-refractivity contribution >= 4 is 17.8 Å².